The molecule has 1 unspecified atom stereocenters. The molecule has 2 aliphatic rings. The molecule has 3 nitrogen and oxygen atoms in total. The molecule has 1 amide bonds. The van der Waals surface area contributed by atoms with Crippen molar-refractivity contribution in [2.45, 2.75) is 50.5 Å². The van der Waals surface area contributed by atoms with E-state index in [-0.39, 0.29) is 0 Å². The summed E-state index contributed by atoms with van der Waals surface area (Å²) in [6.45, 7) is 2.01. The van der Waals surface area contributed by atoms with Gasteiger partial charge < -0.3 is 10.2 Å². The van der Waals surface area contributed by atoms with Crippen molar-refractivity contribution in [3.63, 3.8) is 0 Å². The standard InChI is InChI=1S/C19H28N2O/c1-21(18-11-12-20-14-18)19(22)13-15-7-9-17(10-8-15)16-5-3-2-4-6-16/h2-6,15,17-18,20H,7-14H2,1H3. The van der Waals surface area contributed by atoms with E-state index >= 15 is 0 Å². The van der Waals surface area contributed by atoms with E-state index in [9.17, 15) is 4.79 Å². The Kier molecular flexibility index (Phi) is 5.14. The second-order valence-electron chi connectivity index (χ2n) is 6.98. The van der Waals surface area contributed by atoms with E-state index < -0.39 is 0 Å². The van der Waals surface area contributed by atoms with Crippen molar-refractivity contribution in [3.05, 3.63) is 35.9 Å². The summed E-state index contributed by atoms with van der Waals surface area (Å²) >= 11 is 0. The van der Waals surface area contributed by atoms with Gasteiger partial charge in [-0.3, -0.25) is 4.79 Å². The predicted octanol–water partition coefficient (Wildman–Crippen LogP) is 3.17. The van der Waals surface area contributed by atoms with Crippen LogP contribution in [0.5, 0.6) is 0 Å². The second kappa shape index (κ2) is 7.28. The molecule has 1 atom stereocenters. The van der Waals surface area contributed by atoms with Gasteiger partial charge in [0.25, 0.3) is 0 Å². The summed E-state index contributed by atoms with van der Waals surface area (Å²) in [5.74, 6) is 1.63. The largest absolute Gasteiger partial charge is 0.341 e. The highest BCUT2D eigenvalue weighted by Crippen LogP contribution is 2.37. The maximum Gasteiger partial charge on any atom is 0.222 e. The van der Waals surface area contributed by atoms with Crippen molar-refractivity contribution in [1.82, 2.24) is 10.2 Å². The predicted molar refractivity (Wildman–Crippen MR) is 89.8 cm³/mol. The van der Waals surface area contributed by atoms with Crippen molar-refractivity contribution in [2.24, 2.45) is 5.92 Å². The molecule has 0 aromatic heterocycles. The number of hydrogen-bond acceptors (Lipinski definition) is 2. The van der Waals surface area contributed by atoms with Crippen LogP contribution in [0.15, 0.2) is 30.3 Å². The summed E-state index contributed by atoms with van der Waals surface area (Å²) in [4.78, 5) is 14.4. The topological polar surface area (TPSA) is 32.3 Å². The van der Waals surface area contributed by atoms with Gasteiger partial charge in [0.15, 0.2) is 0 Å². The average Bonchev–Trinajstić information content (AvgIpc) is 3.10. The van der Waals surface area contributed by atoms with Gasteiger partial charge in [-0.05, 0) is 56.0 Å². The normalized spacial score (nSPS) is 28.5. The first-order valence-electron chi connectivity index (χ1n) is 8.75. The van der Waals surface area contributed by atoms with E-state index in [0.29, 0.717) is 23.8 Å². The maximum atomic E-state index is 12.4. The molecule has 3 heteroatoms. The summed E-state index contributed by atoms with van der Waals surface area (Å²) in [5, 5.41) is 3.34. The van der Waals surface area contributed by atoms with E-state index in [1.807, 2.05) is 11.9 Å². The summed E-state index contributed by atoms with van der Waals surface area (Å²) in [5.41, 5.74) is 1.47. The highest BCUT2D eigenvalue weighted by molar-refractivity contribution is 5.76. The molecule has 1 saturated carbocycles. The lowest BCUT2D eigenvalue weighted by Gasteiger charge is -2.31. The molecule has 1 saturated heterocycles. The van der Waals surface area contributed by atoms with Gasteiger partial charge in [-0.1, -0.05) is 30.3 Å². The van der Waals surface area contributed by atoms with Gasteiger partial charge in [-0.15, -0.1) is 0 Å². The lowest BCUT2D eigenvalue weighted by atomic mass is 9.77. The van der Waals surface area contributed by atoms with Crippen molar-refractivity contribution in [1.29, 1.82) is 0 Å². The van der Waals surface area contributed by atoms with Crippen LogP contribution in [0.3, 0.4) is 0 Å². The third kappa shape index (κ3) is 3.70. The zero-order chi connectivity index (χ0) is 15.4. The number of nitrogens with zero attached hydrogens (tertiary/aromatic N) is 1. The maximum absolute atomic E-state index is 12.4. The van der Waals surface area contributed by atoms with Crippen LogP contribution < -0.4 is 5.32 Å². The first-order valence-corrected chi connectivity index (χ1v) is 8.75. The molecule has 1 aliphatic heterocycles. The van der Waals surface area contributed by atoms with Gasteiger partial charge in [0, 0.05) is 26.1 Å². The molecule has 120 valence electrons. The minimum atomic E-state index is 0.344. The molecule has 1 heterocycles. The fraction of sp³-hybridized carbons (Fsp3) is 0.632. The molecular formula is C19H28N2O. The van der Waals surface area contributed by atoms with Gasteiger partial charge >= 0.3 is 0 Å². The third-order valence-corrected chi connectivity index (χ3v) is 5.56. The zero-order valence-corrected chi connectivity index (χ0v) is 13.6. The summed E-state index contributed by atoms with van der Waals surface area (Å²) in [6.07, 6.45) is 6.70. The van der Waals surface area contributed by atoms with Crippen LogP contribution in [0.25, 0.3) is 0 Å². The van der Waals surface area contributed by atoms with Crippen LogP contribution in [0.4, 0.5) is 0 Å². The SMILES string of the molecule is CN(C(=O)CC1CCC(c2ccccc2)CC1)C1CCNC1. The van der Waals surface area contributed by atoms with Crippen molar-refractivity contribution >= 4 is 5.91 Å². The van der Waals surface area contributed by atoms with Crippen LogP contribution in [0, 0.1) is 5.92 Å². The Morgan fingerprint density at radius 2 is 1.86 bits per heavy atom. The number of hydrogen-bond donors (Lipinski definition) is 1. The van der Waals surface area contributed by atoms with Crippen molar-refractivity contribution in [2.75, 3.05) is 20.1 Å². The minimum absolute atomic E-state index is 0.344. The number of nitrogens with one attached hydrogen (secondary N) is 1. The molecule has 1 aromatic rings. The van der Waals surface area contributed by atoms with Crippen molar-refractivity contribution in [3.8, 4) is 0 Å². The summed E-state index contributed by atoms with van der Waals surface area (Å²) in [7, 11) is 1.98. The summed E-state index contributed by atoms with van der Waals surface area (Å²) in [6, 6.07) is 11.3. The van der Waals surface area contributed by atoms with E-state index in [1.54, 1.807) is 0 Å². The van der Waals surface area contributed by atoms with Crippen molar-refractivity contribution < 1.29 is 4.79 Å². The molecule has 0 radical (unpaired) electrons. The molecule has 1 aromatic carbocycles. The van der Waals surface area contributed by atoms with Crippen LogP contribution >= 0.6 is 0 Å². The molecule has 1 aliphatic carbocycles. The highest BCUT2D eigenvalue weighted by Gasteiger charge is 2.28. The molecule has 0 spiro atoms. The lowest BCUT2D eigenvalue weighted by Crippen LogP contribution is -2.39. The van der Waals surface area contributed by atoms with Gasteiger partial charge in [0.2, 0.25) is 5.91 Å². The van der Waals surface area contributed by atoms with Gasteiger partial charge in [0.05, 0.1) is 0 Å². The van der Waals surface area contributed by atoms with E-state index in [0.717, 1.165) is 25.9 Å². The number of amides is 1. The molecule has 1 N–H and O–H groups in total. The number of carbonyl (C=O) groups is 1. The molecule has 2 fully saturated rings. The van der Waals surface area contributed by atoms with Crippen LogP contribution in [-0.2, 0) is 4.79 Å². The third-order valence-electron chi connectivity index (χ3n) is 5.56. The molecule has 22 heavy (non-hydrogen) atoms. The van der Waals surface area contributed by atoms with E-state index in [4.69, 9.17) is 0 Å². The molecule has 3 rings (SSSR count). The minimum Gasteiger partial charge on any atom is -0.341 e. The van der Waals surface area contributed by atoms with E-state index in [1.165, 1.54) is 31.2 Å². The van der Waals surface area contributed by atoms with Crippen LogP contribution in [-0.4, -0.2) is 37.0 Å². The first kappa shape index (κ1) is 15.5. The molecule has 0 bridgehead atoms. The Morgan fingerprint density at radius 1 is 1.14 bits per heavy atom. The Morgan fingerprint density at radius 3 is 2.50 bits per heavy atom. The smallest absolute Gasteiger partial charge is 0.222 e. The highest BCUT2D eigenvalue weighted by atomic mass is 16.2. The fourth-order valence-corrected chi connectivity index (χ4v) is 3.99. The Bertz CT molecular complexity index is 473. The Hall–Kier alpha value is -1.35. The first-order chi connectivity index (χ1) is 10.7. The molecular weight excluding hydrogens is 272 g/mol. The number of rotatable bonds is 4. The Labute approximate surface area is 134 Å². The van der Waals surface area contributed by atoms with Crippen LogP contribution in [0.2, 0.25) is 0 Å². The van der Waals surface area contributed by atoms with Gasteiger partial charge in [-0.2, -0.15) is 0 Å². The lowest BCUT2D eigenvalue weighted by molar-refractivity contribution is -0.132. The number of benzene rings is 1. The monoisotopic (exact) mass is 300 g/mol. The average molecular weight is 300 g/mol. The Balaban J connectivity index is 1.46. The van der Waals surface area contributed by atoms with Crippen LogP contribution in [0.1, 0.15) is 50.0 Å². The zero-order valence-electron chi connectivity index (χ0n) is 13.6. The quantitative estimate of drug-likeness (QED) is 0.926. The fourth-order valence-electron chi connectivity index (χ4n) is 3.99. The van der Waals surface area contributed by atoms with E-state index in [2.05, 4.69) is 35.6 Å². The number of carbonyl (C=O) groups excluding carboxylic acids is 1. The van der Waals surface area contributed by atoms with Gasteiger partial charge in [-0.25, -0.2) is 0 Å². The van der Waals surface area contributed by atoms with Gasteiger partial charge in [0.1, 0.15) is 0 Å². The summed E-state index contributed by atoms with van der Waals surface area (Å²) < 4.78 is 0. The number of likely N-dealkylation sites (N-methyl/N-ethyl adjacent to an activating group) is 1. The second-order valence-corrected chi connectivity index (χ2v) is 6.98.